The first-order valence-electron chi connectivity index (χ1n) is 7.59. The lowest BCUT2D eigenvalue weighted by molar-refractivity contribution is -0.384. The fourth-order valence-electron chi connectivity index (χ4n) is 2.28. The number of nitro benzene ring substituents is 1. The van der Waals surface area contributed by atoms with Crippen LogP contribution in [0, 0.1) is 10.1 Å². The van der Waals surface area contributed by atoms with Gasteiger partial charge >= 0.3 is 0 Å². The molecule has 0 spiro atoms. The Morgan fingerprint density at radius 2 is 1.92 bits per heavy atom. The molecule has 3 aromatic rings. The van der Waals surface area contributed by atoms with E-state index in [1.807, 2.05) is 30.5 Å². The lowest BCUT2D eigenvalue weighted by Crippen LogP contribution is -2.18. The van der Waals surface area contributed by atoms with E-state index in [4.69, 9.17) is 12.2 Å². The second-order valence-corrected chi connectivity index (χ2v) is 6.76. The number of hydrogen-bond donors (Lipinski definition) is 2. The topological polar surface area (TPSA) is 85.0 Å². The van der Waals surface area contributed by atoms with Crippen molar-refractivity contribution in [1.82, 2.24) is 9.78 Å². The van der Waals surface area contributed by atoms with Crippen molar-refractivity contribution in [3.05, 3.63) is 81.1 Å². The summed E-state index contributed by atoms with van der Waals surface area (Å²) in [4.78, 5) is 10.4. The summed E-state index contributed by atoms with van der Waals surface area (Å²) in [6.07, 6.45) is 3.50. The number of rotatable bonds is 5. The van der Waals surface area contributed by atoms with Crippen LogP contribution in [-0.2, 0) is 6.54 Å². The van der Waals surface area contributed by atoms with Crippen LogP contribution >= 0.6 is 28.1 Å². The highest BCUT2D eigenvalue weighted by Crippen LogP contribution is 2.17. The van der Waals surface area contributed by atoms with Crippen LogP contribution in [0.4, 0.5) is 17.1 Å². The van der Waals surface area contributed by atoms with E-state index in [0.29, 0.717) is 17.3 Å². The second-order valence-electron chi connectivity index (χ2n) is 5.44. The Hall–Kier alpha value is -2.78. The molecule has 7 nitrogen and oxygen atoms in total. The second kappa shape index (κ2) is 8.07. The van der Waals surface area contributed by atoms with Gasteiger partial charge in [-0.3, -0.25) is 14.8 Å². The van der Waals surface area contributed by atoms with Crippen LogP contribution < -0.4 is 10.6 Å². The third-order valence-electron chi connectivity index (χ3n) is 3.46. The average molecular weight is 432 g/mol. The van der Waals surface area contributed by atoms with Gasteiger partial charge in [-0.2, -0.15) is 5.10 Å². The Bertz CT molecular complexity index is 942. The first-order valence-corrected chi connectivity index (χ1v) is 8.79. The van der Waals surface area contributed by atoms with E-state index < -0.39 is 4.92 Å². The van der Waals surface area contributed by atoms with Gasteiger partial charge in [0.25, 0.3) is 5.69 Å². The van der Waals surface area contributed by atoms with Crippen LogP contribution in [0.5, 0.6) is 0 Å². The van der Waals surface area contributed by atoms with Gasteiger partial charge in [0.15, 0.2) is 5.11 Å². The van der Waals surface area contributed by atoms with Gasteiger partial charge in [-0.1, -0.05) is 34.1 Å². The molecule has 3 rings (SSSR count). The Kier molecular flexibility index (Phi) is 5.59. The fraction of sp³-hybridized carbons (Fsp3) is 0.0588. The smallest absolute Gasteiger partial charge is 0.271 e. The number of nitrogens with zero attached hydrogens (tertiary/aromatic N) is 3. The van der Waals surface area contributed by atoms with Gasteiger partial charge in [0, 0.05) is 28.5 Å². The number of halogens is 1. The molecule has 0 radical (unpaired) electrons. The minimum absolute atomic E-state index is 0.000109. The number of thiocarbonyl (C=S) groups is 1. The summed E-state index contributed by atoms with van der Waals surface area (Å²) in [6.45, 7) is 0.639. The molecule has 0 bridgehead atoms. The maximum absolute atomic E-state index is 10.8. The number of non-ortho nitro benzene ring substituents is 1. The molecule has 0 aliphatic heterocycles. The number of aromatic nitrogens is 2. The molecule has 0 aliphatic carbocycles. The normalized spacial score (nSPS) is 10.3. The Labute approximate surface area is 163 Å². The summed E-state index contributed by atoms with van der Waals surface area (Å²) in [5.74, 6) is 0. The third-order valence-corrected chi connectivity index (χ3v) is 4.20. The van der Waals surface area contributed by atoms with E-state index in [9.17, 15) is 10.1 Å². The number of benzene rings is 2. The molecule has 2 aromatic carbocycles. The summed E-state index contributed by atoms with van der Waals surface area (Å²) in [6, 6.07) is 14.2. The summed E-state index contributed by atoms with van der Waals surface area (Å²) in [7, 11) is 0. The molecule has 0 atom stereocenters. The minimum atomic E-state index is -0.451. The van der Waals surface area contributed by atoms with Crippen LogP contribution in [0.2, 0.25) is 0 Å². The van der Waals surface area contributed by atoms with Crippen LogP contribution in [0.3, 0.4) is 0 Å². The predicted molar refractivity (Wildman–Crippen MR) is 108 cm³/mol. The molecule has 132 valence electrons. The lowest BCUT2D eigenvalue weighted by atomic mass is 10.2. The van der Waals surface area contributed by atoms with Crippen LogP contribution in [0.25, 0.3) is 0 Å². The largest absolute Gasteiger partial charge is 0.332 e. The lowest BCUT2D eigenvalue weighted by Gasteiger charge is -2.08. The number of hydrogen-bond acceptors (Lipinski definition) is 4. The third kappa shape index (κ3) is 4.87. The van der Waals surface area contributed by atoms with E-state index in [2.05, 4.69) is 31.7 Å². The molecule has 0 saturated heterocycles. The zero-order valence-electron chi connectivity index (χ0n) is 13.4. The van der Waals surface area contributed by atoms with E-state index in [1.54, 1.807) is 23.0 Å². The van der Waals surface area contributed by atoms with E-state index >= 15 is 0 Å². The zero-order valence-corrected chi connectivity index (χ0v) is 15.8. The predicted octanol–water partition coefficient (Wildman–Crippen LogP) is 4.41. The Morgan fingerprint density at radius 1 is 1.19 bits per heavy atom. The Balaban J connectivity index is 1.60. The Morgan fingerprint density at radius 3 is 2.65 bits per heavy atom. The highest BCUT2D eigenvalue weighted by Gasteiger charge is 2.07. The maximum atomic E-state index is 10.8. The molecule has 0 aliphatic rings. The zero-order chi connectivity index (χ0) is 18.5. The summed E-state index contributed by atoms with van der Waals surface area (Å²) in [5, 5.41) is 21.4. The highest BCUT2D eigenvalue weighted by atomic mass is 79.9. The summed E-state index contributed by atoms with van der Waals surface area (Å²) < 4.78 is 2.82. The molecule has 0 unspecified atom stereocenters. The molecular weight excluding hydrogens is 418 g/mol. The van der Waals surface area contributed by atoms with Crippen molar-refractivity contribution in [2.75, 3.05) is 10.6 Å². The molecule has 0 fully saturated rings. The number of anilines is 2. The van der Waals surface area contributed by atoms with Gasteiger partial charge in [0.2, 0.25) is 0 Å². The molecule has 0 saturated carbocycles. The van der Waals surface area contributed by atoms with Crippen LogP contribution in [0.15, 0.2) is 65.4 Å². The minimum Gasteiger partial charge on any atom is -0.332 e. The SMILES string of the molecule is O=[N+]([O-])c1cccc(NC(=S)Nc2cnn(Cc3ccc(Br)cc3)c2)c1. The summed E-state index contributed by atoms with van der Waals surface area (Å²) >= 11 is 8.66. The van der Waals surface area contributed by atoms with E-state index in [0.717, 1.165) is 15.7 Å². The molecule has 0 amide bonds. The maximum Gasteiger partial charge on any atom is 0.271 e. The van der Waals surface area contributed by atoms with Crippen molar-refractivity contribution in [3.8, 4) is 0 Å². The number of nitro groups is 1. The fourth-order valence-corrected chi connectivity index (χ4v) is 2.78. The standard InChI is InChI=1S/C17H14BrN5O2S/c18-13-6-4-12(5-7-13)10-22-11-15(9-19-22)21-17(26)20-14-2-1-3-16(8-14)23(24)25/h1-9,11H,10H2,(H2,20,21,26). The number of nitrogens with one attached hydrogen (secondary N) is 2. The monoisotopic (exact) mass is 431 g/mol. The van der Waals surface area contributed by atoms with Gasteiger partial charge < -0.3 is 10.6 Å². The van der Waals surface area contributed by atoms with Gasteiger partial charge in [-0.05, 0) is 36.0 Å². The highest BCUT2D eigenvalue weighted by molar-refractivity contribution is 9.10. The molecule has 1 heterocycles. The molecule has 9 heteroatoms. The van der Waals surface area contributed by atoms with Gasteiger partial charge in [-0.25, -0.2) is 0 Å². The van der Waals surface area contributed by atoms with Crippen LogP contribution in [-0.4, -0.2) is 19.8 Å². The van der Waals surface area contributed by atoms with Crippen molar-refractivity contribution < 1.29 is 4.92 Å². The molecule has 2 N–H and O–H groups in total. The molecular formula is C17H14BrN5O2S. The van der Waals surface area contributed by atoms with Crippen molar-refractivity contribution in [3.63, 3.8) is 0 Å². The van der Waals surface area contributed by atoms with Gasteiger partial charge in [0.1, 0.15) is 0 Å². The van der Waals surface area contributed by atoms with Gasteiger partial charge in [-0.15, -0.1) is 0 Å². The van der Waals surface area contributed by atoms with E-state index in [1.165, 1.54) is 12.1 Å². The van der Waals surface area contributed by atoms with Crippen molar-refractivity contribution in [2.45, 2.75) is 6.54 Å². The molecule has 26 heavy (non-hydrogen) atoms. The van der Waals surface area contributed by atoms with Crippen LogP contribution in [0.1, 0.15) is 5.56 Å². The quantitative estimate of drug-likeness (QED) is 0.353. The first kappa shape index (κ1) is 18.0. The first-order chi connectivity index (χ1) is 12.5. The van der Waals surface area contributed by atoms with Gasteiger partial charge in [0.05, 0.1) is 23.4 Å². The molecule has 1 aromatic heterocycles. The van der Waals surface area contributed by atoms with Crippen molar-refractivity contribution >= 4 is 50.3 Å². The van der Waals surface area contributed by atoms with Crippen molar-refractivity contribution in [2.24, 2.45) is 0 Å². The van der Waals surface area contributed by atoms with Crippen molar-refractivity contribution in [1.29, 1.82) is 0 Å². The van der Waals surface area contributed by atoms with E-state index in [-0.39, 0.29) is 5.69 Å². The average Bonchev–Trinajstić information content (AvgIpc) is 3.04. The summed E-state index contributed by atoms with van der Waals surface area (Å²) in [5.41, 5.74) is 2.39.